The molecule has 92 valence electrons. The highest BCUT2D eigenvalue weighted by Crippen LogP contribution is 2.28. The zero-order chi connectivity index (χ0) is 11.5. The standard InChI is InChI=1S/C12H21NO3/c1-2-11-10(5-7-16-11)12(15)13-6-3-4-9(13)8-14/h9-11,14H,2-8H2,1H3/t9-,10?,11?/m0/s1. The molecule has 0 aliphatic carbocycles. The smallest absolute Gasteiger partial charge is 0.228 e. The van der Waals surface area contributed by atoms with Crippen molar-refractivity contribution in [2.45, 2.75) is 44.8 Å². The molecule has 0 bridgehead atoms. The molecule has 2 heterocycles. The molecule has 3 atom stereocenters. The van der Waals surface area contributed by atoms with E-state index in [2.05, 4.69) is 6.92 Å². The van der Waals surface area contributed by atoms with Crippen LogP contribution in [0.2, 0.25) is 0 Å². The number of carbonyl (C=O) groups excluding carboxylic acids is 1. The molecule has 2 rings (SSSR count). The summed E-state index contributed by atoms with van der Waals surface area (Å²) in [5, 5.41) is 9.23. The SMILES string of the molecule is CCC1OCCC1C(=O)N1CCC[C@H]1CO. The van der Waals surface area contributed by atoms with E-state index in [-0.39, 0.29) is 30.6 Å². The van der Waals surface area contributed by atoms with Crippen molar-refractivity contribution in [2.24, 2.45) is 5.92 Å². The van der Waals surface area contributed by atoms with E-state index in [0.29, 0.717) is 6.61 Å². The van der Waals surface area contributed by atoms with Crippen LogP contribution < -0.4 is 0 Å². The van der Waals surface area contributed by atoms with E-state index < -0.39 is 0 Å². The van der Waals surface area contributed by atoms with Gasteiger partial charge in [0, 0.05) is 13.2 Å². The third kappa shape index (κ3) is 2.09. The van der Waals surface area contributed by atoms with Crippen LogP contribution in [0.25, 0.3) is 0 Å². The third-order valence-corrected chi connectivity index (χ3v) is 3.80. The Morgan fingerprint density at radius 1 is 1.50 bits per heavy atom. The van der Waals surface area contributed by atoms with E-state index in [1.165, 1.54) is 0 Å². The first kappa shape index (κ1) is 11.9. The van der Waals surface area contributed by atoms with Gasteiger partial charge in [0.2, 0.25) is 5.91 Å². The van der Waals surface area contributed by atoms with E-state index >= 15 is 0 Å². The van der Waals surface area contributed by atoms with Crippen LogP contribution in [0.5, 0.6) is 0 Å². The molecule has 0 spiro atoms. The molecule has 16 heavy (non-hydrogen) atoms. The first-order valence-electron chi connectivity index (χ1n) is 6.30. The van der Waals surface area contributed by atoms with Crippen molar-refractivity contribution in [3.05, 3.63) is 0 Å². The van der Waals surface area contributed by atoms with E-state index in [4.69, 9.17) is 4.74 Å². The lowest BCUT2D eigenvalue weighted by atomic mass is 9.97. The second kappa shape index (κ2) is 5.15. The van der Waals surface area contributed by atoms with Gasteiger partial charge in [0.1, 0.15) is 0 Å². The van der Waals surface area contributed by atoms with E-state index in [0.717, 1.165) is 32.2 Å². The number of likely N-dealkylation sites (tertiary alicyclic amines) is 1. The Bertz CT molecular complexity index is 233. The lowest BCUT2D eigenvalue weighted by Crippen LogP contribution is -2.43. The Morgan fingerprint density at radius 3 is 3.00 bits per heavy atom. The lowest BCUT2D eigenvalue weighted by Gasteiger charge is -2.27. The number of aliphatic hydroxyl groups excluding tert-OH is 1. The summed E-state index contributed by atoms with van der Waals surface area (Å²) < 4.78 is 5.55. The highest BCUT2D eigenvalue weighted by molar-refractivity contribution is 5.80. The molecular weight excluding hydrogens is 206 g/mol. The second-order valence-electron chi connectivity index (χ2n) is 4.72. The minimum Gasteiger partial charge on any atom is -0.394 e. The second-order valence-corrected chi connectivity index (χ2v) is 4.72. The van der Waals surface area contributed by atoms with Crippen LogP contribution in [-0.4, -0.2) is 47.8 Å². The first-order chi connectivity index (χ1) is 7.77. The van der Waals surface area contributed by atoms with Gasteiger partial charge in [-0.15, -0.1) is 0 Å². The van der Waals surface area contributed by atoms with Gasteiger partial charge in [-0.2, -0.15) is 0 Å². The van der Waals surface area contributed by atoms with Gasteiger partial charge in [-0.3, -0.25) is 4.79 Å². The van der Waals surface area contributed by atoms with Gasteiger partial charge >= 0.3 is 0 Å². The number of carbonyl (C=O) groups is 1. The third-order valence-electron chi connectivity index (χ3n) is 3.80. The summed E-state index contributed by atoms with van der Waals surface area (Å²) in [6.07, 6.45) is 3.78. The average Bonchev–Trinajstić information content (AvgIpc) is 2.96. The molecule has 1 N–H and O–H groups in total. The molecule has 2 saturated heterocycles. The number of aliphatic hydroxyl groups is 1. The molecule has 2 fully saturated rings. The molecule has 2 aliphatic rings. The summed E-state index contributed by atoms with van der Waals surface area (Å²) in [6.45, 7) is 3.66. The Labute approximate surface area is 96.6 Å². The van der Waals surface area contributed by atoms with Gasteiger partial charge in [-0.1, -0.05) is 6.92 Å². The summed E-state index contributed by atoms with van der Waals surface area (Å²) in [6, 6.07) is 0.0469. The fourth-order valence-electron chi connectivity index (χ4n) is 2.86. The number of ether oxygens (including phenoxy) is 1. The minimum atomic E-state index is 0.0251. The van der Waals surface area contributed by atoms with Crippen LogP contribution in [0.4, 0.5) is 0 Å². The largest absolute Gasteiger partial charge is 0.394 e. The predicted octanol–water partition coefficient (Wildman–Crippen LogP) is 0.785. The van der Waals surface area contributed by atoms with Gasteiger partial charge in [0.05, 0.1) is 24.7 Å². The van der Waals surface area contributed by atoms with E-state index in [1.807, 2.05) is 4.90 Å². The van der Waals surface area contributed by atoms with Crippen LogP contribution in [0, 0.1) is 5.92 Å². The van der Waals surface area contributed by atoms with Crippen molar-refractivity contribution < 1.29 is 14.6 Å². The molecule has 0 aromatic rings. The maximum atomic E-state index is 12.3. The van der Waals surface area contributed by atoms with Crippen molar-refractivity contribution in [2.75, 3.05) is 19.8 Å². The maximum absolute atomic E-state index is 12.3. The summed E-state index contributed by atoms with van der Waals surface area (Å²) >= 11 is 0. The molecule has 4 nitrogen and oxygen atoms in total. The molecule has 0 aromatic carbocycles. The quantitative estimate of drug-likeness (QED) is 0.775. The van der Waals surface area contributed by atoms with Crippen molar-refractivity contribution in [3.63, 3.8) is 0 Å². The van der Waals surface area contributed by atoms with Crippen molar-refractivity contribution in [1.82, 2.24) is 4.90 Å². The number of amides is 1. The van der Waals surface area contributed by atoms with Crippen molar-refractivity contribution in [3.8, 4) is 0 Å². The molecular formula is C12H21NO3. The van der Waals surface area contributed by atoms with Gasteiger partial charge in [-0.25, -0.2) is 0 Å². The summed E-state index contributed by atoms with van der Waals surface area (Å²) in [5.74, 6) is 0.220. The fourth-order valence-corrected chi connectivity index (χ4v) is 2.86. The number of hydrogen-bond donors (Lipinski definition) is 1. The monoisotopic (exact) mass is 227 g/mol. The predicted molar refractivity (Wildman–Crippen MR) is 60.0 cm³/mol. The van der Waals surface area contributed by atoms with Crippen LogP contribution in [-0.2, 0) is 9.53 Å². The van der Waals surface area contributed by atoms with Crippen LogP contribution in [0.15, 0.2) is 0 Å². The summed E-state index contributed by atoms with van der Waals surface area (Å²) in [5.41, 5.74) is 0. The average molecular weight is 227 g/mol. The molecule has 0 saturated carbocycles. The minimum absolute atomic E-state index is 0.0251. The van der Waals surface area contributed by atoms with E-state index in [1.54, 1.807) is 0 Å². The van der Waals surface area contributed by atoms with Crippen LogP contribution in [0.3, 0.4) is 0 Å². The van der Waals surface area contributed by atoms with Gasteiger partial charge in [-0.05, 0) is 25.7 Å². The highest BCUT2D eigenvalue weighted by Gasteiger charge is 2.38. The molecule has 0 radical (unpaired) electrons. The molecule has 2 aliphatic heterocycles. The van der Waals surface area contributed by atoms with E-state index in [9.17, 15) is 9.90 Å². The van der Waals surface area contributed by atoms with Crippen molar-refractivity contribution >= 4 is 5.91 Å². The van der Waals surface area contributed by atoms with Crippen LogP contribution >= 0.6 is 0 Å². The normalized spacial score (nSPS) is 34.6. The molecule has 2 unspecified atom stereocenters. The lowest BCUT2D eigenvalue weighted by molar-refractivity contribution is -0.138. The number of rotatable bonds is 3. The Balaban J connectivity index is 2.00. The van der Waals surface area contributed by atoms with Gasteiger partial charge in [0.25, 0.3) is 0 Å². The Morgan fingerprint density at radius 2 is 2.31 bits per heavy atom. The highest BCUT2D eigenvalue weighted by atomic mass is 16.5. The fraction of sp³-hybridized carbons (Fsp3) is 0.917. The summed E-state index contributed by atoms with van der Waals surface area (Å²) in [4.78, 5) is 14.2. The zero-order valence-corrected chi connectivity index (χ0v) is 9.89. The number of hydrogen-bond acceptors (Lipinski definition) is 3. The van der Waals surface area contributed by atoms with Crippen LogP contribution in [0.1, 0.15) is 32.6 Å². The first-order valence-corrected chi connectivity index (χ1v) is 6.30. The maximum Gasteiger partial charge on any atom is 0.228 e. The Hall–Kier alpha value is -0.610. The van der Waals surface area contributed by atoms with Crippen molar-refractivity contribution in [1.29, 1.82) is 0 Å². The number of nitrogens with zero attached hydrogens (tertiary/aromatic N) is 1. The molecule has 1 amide bonds. The Kier molecular flexibility index (Phi) is 3.82. The molecule has 0 aromatic heterocycles. The molecule has 4 heteroatoms. The van der Waals surface area contributed by atoms with Gasteiger partial charge in [0.15, 0.2) is 0 Å². The zero-order valence-electron chi connectivity index (χ0n) is 9.89. The summed E-state index contributed by atoms with van der Waals surface area (Å²) in [7, 11) is 0. The van der Waals surface area contributed by atoms with Gasteiger partial charge < -0.3 is 14.7 Å². The topological polar surface area (TPSA) is 49.8 Å².